The summed E-state index contributed by atoms with van der Waals surface area (Å²) in [7, 11) is 0. The van der Waals surface area contributed by atoms with E-state index in [1.54, 1.807) is 0 Å². The quantitative estimate of drug-likeness (QED) is 0.745. The Hall–Kier alpha value is -1.35. The average Bonchev–Trinajstić information content (AvgIpc) is 2.88. The lowest BCUT2D eigenvalue weighted by Crippen LogP contribution is -2.36. The number of anilines is 1. The van der Waals surface area contributed by atoms with E-state index in [0.717, 1.165) is 31.6 Å². The van der Waals surface area contributed by atoms with Crippen molar-refractivity contribution in [2.45, 2.75) is 25.2 Å². The number of carbonyl (C=O) groups excluding carboxylic acids is 1. The van der Waals surface area contributed by atoms with Gasteiger partial charge in [0.1, 0.15) is 0 Å². The molecule has 0 aliphatic carbocycles. The van der Waals surface area contributed by atoms with Crippen molar-refractivity contribution < 1.29 is 4.79 Å². The first kappa shape index (κ1) is 9.85. The third-order valence-electron chi connectivity index (χ3n) is 3.88. The molecule has 0 radical (unpaired) electrons. The van der Waals surface area contributed by atoms with Crippen molar-refractivity contribution in [3.8, 4) is 0 Å². The van der Waals surface area contributed by atoms with Gasteiger partial charge in [-0.3, -0.25) is 4.79 Å². The van der Waals surface area contributed by atoms with Gasteiger partial charge in [0.2, 0.25) is 5.91 Å². The number of fused-ring (bicyclic) bond motifs is 2. The summed E-state index contributed by atoms with van der Waals surface area (Å²) in [6.45, 7) is 3.84. The summed E-state index contributed by atoms with van der Waals surface area (Å²) in [5.74, 6) is 0.174. The van der Waals surface area contributed by atoms with E-state index in [1.165, 1.54) is 11.1 Å². The molecule has 1 fully saturated rings. The third kappa shape index (κ3) is 1.09. The number of carbonyl (C=O) groups is 1. The predicted molar refractivity (Wildman–Crippen MR) is 63.6 cm³/mol. The normalized spacial score (nSPS) is 27.2. The molecule has 16 heavy (non-hydrogen) atoms. The lowest BCUT2D eigenvalue weighted by molar-refractivity contribution is -0.120. The second-order valence-electron chi connectivity index (χ2n) is 4.66. The molecule has 1 aromatic rings. The van der Waals surface area contributed by atoms with Crippen LogP contribution in [0.1, 0.15) is 24.5 Å². The summed E-state index contributed by atoms with van der Waals surface area (Å²) in [5, 5.41) is 6.37. The monoisotopic (exact) mass is 216 g/mol. The van der Waals surface area contributed by atoms with Crippen LogP contribution in [0.2, 0.25) is 0 Å². The predicted octanol–water partition coefficient (Wildman–Crippen LogP) is 1.43. The number of nitrogens with one attached hydrogen (secondary N) is 2. The summed E-state index contributed by atoms with van der Waals surface area (Å²) in [4.78, 5) is 12.2. The lowest BCUT2D eigenvalue weighted by atomic mass is 9.80. The number of benzene rings is 1. The molecule has 1 unspecified atom stereocenters. The molecule has 1 aromatic carbocycles. The summed E-state index contributed by atoms with van der Waals surface area (Å²) in [5.41, 5.74) is 3.22. The highest BCUT2D eigenvalue weighted by Crippen LogP contribution is 2.43. The second-order valence-corrected chi connectivity index (χ2v) is 4.66. The maximum atomic E-state index is 12.2. The second kappa shape index (κ2) is 3.32. The van der Waals surface area contributed by atoms with Gasteiger partial charge in [-0.15, -0.1) is 0 Å². The van der Waals surface area contributed by atoms with Crippen molar-refractivity contribution in [2.75, 3.05) is 18.4 Å². The first-order chi connectivity index (χ1) is 7.78. The van der Waals surface area contributed by atoms with Gasteiger partial charge in [-0.2, -0.15) is 0 Å². The van der Waals surface area contributed by atoms with Gasteiger partial charge in [0.15, 0.2) is 0 Å². The maximum Gasteiger partial charge on any atom is 0.236 e. The van der Waals surface area contributed by atoms with E-state index >= 15 is 0 Å². The van der Waals surface area contributed by atoms with Crippen LogP contribution < -0.4 is 10.6 Å². The average molecular weight is 216 g/mol. The van der Waals surface area contributed by atoms with Gasteiger partial charge in [0, 0.05) is 12.2 Å². The minimum atomic E-state index is -0.291. The Morgan fingerprint density at radius 1 is 1.44 bits per heavy atom. The van der Waals surface area contributed by atoms with Crippen LogP contribution in [0.4, 0.5) is 5.69 Å². The Morgan fingerprint density at radius 3 is 3.00 bits per heavy atom. The molecule has 3 heteroatoms. The van der Waals surface area contributed by atoms with E-state index < -0.39 is 0 Å². The van der Waals surface area contributed by atoms with Gasteiger partial charge in [-0.25, -0.2) is 0 Å². The number of para-hydroxylation sites is 1. The Morgan fingerprint density at radius 2 is 2.31 bits per heavy atom. The Balaban J connectivity index is 2.18. The zero-order valence-corrected chi connectivity index (χ0v) is 9.47. The van der Waals surface area contributed by atoms with Crippen LogP contribution in [0.15, 0.2) is 18.2 Å². The molecular formula is C13H16N2O. The van der Waals surface area contributed by atoms with Crippen molar-refractivity contribution in [1.82, 2.24) is 5.32 Å². The van der Waals surface area contributed by atoms with E-state index in [2.05, 4.69) is 35.8 Å². The molecule has 1 amide bonds. The fourth-order valence-electron chi connectivity index (χ4n) is 2.91. The molecule has 2 heterocycles. The van der Waals surface area contributed by atoms with Crippen LogP contribution in [0.3, 0.4) is 0 Å². The molecule has 2 N–H and O–H groups in total. The van der Waals surface area contributed by atoms with Gasteiger partial charge in [0.05, 0.1) is 5.41 Å². The van der Waals surface area contributed by atoms with Gasteiger partial charge in [-0.1, -0.05) is 25.1 Å². The van der Waals surface area contributed by atoms with E-state index in [4.69, 9.17) is 0 Å². The van der Waals surface area contributed by atoms with Crippen molar-refractivity contribution in [1.29, 1.82) is 0 Å². The van der Waals surface area contributed by atoms with Crippen LogP contribution >= 0.6 is 0 Å². The molecule has 2 aliphatic rings. The van der Waals surface area contributed by atoms with E-state index in [9.17, 15) is 4.79 Å². The molecule has 2 aliphatic heterocycles. The third-order valence-corrected chi connectivity index (χ3v) is 3.88. The lowest BCUT2D eigenvalue weighted by Gasteiger charge is -2.19. The molecule has 0 bridgehead atoms. The molecule has 3 rings (SSSR count). The van der Waals surface area contributed by atoms with Crippen molar-refractivity contribution in [3.63, 3.8) is 0 Å². The highest BCUT2D eigenvalue weighted by atomic mass is 16.2. The molecule has 0 saturated carbocycles. The highest BCUT2D eigenvalue weighted by molar-refractivity contribution is 6.07. The zero-order chi connectivity index (χ0) is 11.2. The standard InChI is InChI=1S/C13H16N2O/c1-2-9-4-3-5-10-11(9)15-12(16)13(10)6-7-14-8-13/h3-5,14H,2,6-8H2,1H3,(H,15,16). The zero-order valence-electron chi connectivity index (χ0n) is 9.47. The molecule has 1 atom stereocenters. The summed E-state index contributed by atoms with van der Waals surface area (Å²) < 4.78 is 0. The summed E-state index contributed by atoms with van der Waals surface area (Å²) >= 11 is 0. The smallest absolute Gasteiger partial charge is 0.236 e. The Kier molecular flexibility index (Phi) is 2.04. The van der Waals surface area contributed by atoms with Gasteiger partial charge in [-0.05, 0) is 30.5 Å². The number of aryl methyl sites for hydroxylation is 1. The molecule has 1 saturated heterocycles. The highest BCUT2D eigenvalue weighted by Gasteiger charge is 2.48. The van der Waals surface area contributed by atoms with Crippen LogP contribution in [0.5, 0.6) is 0 Å². The van der Waals surface area contributed by atoms with E-state index in [-0.39, 0.29) is 11.3 Å². The molecular weight excluding hydrogens is 200 g/mol. The topological polar surface area (TPSA) is 41.1 Å². The number of rotatable bonds is 1. The Bertz CT molecular complexity index is 447. The molecule has 0 aromatic heterocycles. The van der Waals surface area contributed by atoms with Crippen molar-refractivity contribution in [2.24, 2.45) is 0 Å². The van der Waals surface area contributed by atoms with Gasteiger partial charge < -0.3 is 10.6 Å². The van der Waals surface area contributed by atoms with Crippen molar-refractivity contribution in [3.05, 3.63) is 29.3 Å². The first-order valence-electron chi connectivity index (χ1n) is 5.92. The van der Waals surface area contributed by atoms with Crippen LogP contribution in [-0.4, -0.2) is 19.0 Å². The number of amides is 1. The summed E-state index contributed by atoms with van der Waals surface area (Å²) in [6.07, 6.45) is 1.88. The van der Waals surface area contributed by atoms with Gasteiger partial charge >= 0.3 is 0 Å². The first-order valence-corrected chi connectivity index (χ1v) is 5.92. The van der Waals surface area contributed by atoms with Gasteiger partial charge in [0.25, 0.3) is 0 Å². The Labute approximate surface area is 95.2 Å². The van der Waals surface area contributed by atoms with Crippen LogP contribution in [0, 0.1) is 0 Å². The maximum absolute atomic E-state index is 12.2. The fraction of sp³-hybridized carbons (Fsp3) is 0.462. The molecule has 1 spiro atoms. The number of hydrogen-bond donors (Lipinski definition) is 2. The fourth-order valence-corrected chi connectivity index (χ4v) is 2.91. The van der Waals surface area contributed by atoms with Crippen LogP contribution in [-0.2, 0) is 16.6 Å². The SMILES string of the molecule is CCc1cccc2c1NC(=O)C21CCNC1. The number of hydrogen-bond acceptors (Lipinski definition) is 2. The molecule has 84 valence electrons. The van der Waals surface area contributed by atoms with E-state index in [1.807, 2.05) is 0 Å². The van der Waals surface area contributed by atoms with E-state index in [0.29, 0.717) is 0 Å². The summed E-state index contributed by atoms with van der Waals surface area (Å²) in [6, 6.07) is 6.26. The largest absolute Gasteiger partial charge is 0.325 e. The molecule has 3 nitrogen and oxygen atoms in total. The minimum absolute atomic E-state index is 0.174. The van der Waals surface area contributed by atoms with Crippen molar-refractivity contribution >= 4 is 11.6 Å². The van der Waals surface area contributed by atoms with Crippen LogP contribution in [0.25, 0.3) is 0 Å². The minimum Gasteiger partial charge on any atom is -0.325 e.